The van der Waals surface area contributed by atoms with Crippen LogP contribution in [0.3, 0.4) is 0 Å². The van der Waals surface area contributed by atoms with Crippen molar-refractivity contribution >= 4 is 23.4 Å². The Morgan fingerprint density at radius 2 is 1.69 bits per heavy atom. The Kier molecular flexibility index (Phi) is 2.28. The number of benzene rings is 2. The first-order valence-corrected chi connectivity index (χ1v) is 4.89. The van der Waals surface area contributed by atoms with Crippen molar-refractivity contribution in [3.8, 4) is 0 Å². The van der Waals surface area contributed by atoms with E-state index in [4.69, 9.17) is 12.6 Å². The van der Waals surface area contributed by atoms with Crippen LogP contribution in [-0.2, 0) is 0 Å². The van der Waals surface area contributed by atoms with Crippen LogP contribution in [0.5, 0.6) is 0 Å². The lowest BCUT2D eigenvalue weighted by Gasteiger charge is -2.07. The first-order valence-electron chi connectivity index (χ1n) is 4.42. The molecule has 0 amide bonds. The summed E-state index contributed by atoms with van der Waals surface area (Å²) in [5.74, 6) is 0. The summed E-state index contributed by atoms with van der Waals surface area (Å²) < 4.78 is 0. The Balaban J connectivity index is 2.76. The van der Waals surface area contributed by atoms with Gasteiger partial charge in [0.1, 0.15) is 0 Å². The second kappa shape index (κ2) is 3.43. The van der Waals surface area contributed by atoms with E-state index in [0.717, 1.165) is 0 Å². The highest BCUT2D eigenvalue weighted by molar-refractivity contribution is 7.80. The molecule has 0 aliphatic rings. The fourth-order valence-electron chi connectivity index (χ4n) is 1.60. The highest BCUT2D eigenvalue weighted by Crippen LogP contribution is 2.27. The van der Waals surface area contributed by atoms with Gasteiger partial charge in [-0.3, -0.25) is 0 Å². The average molecular weight is 187 g/mol. The summed E-state index contributed by atoms with van der Waals surface area (Å²) in [6.07, 6.45) is 0. The smallest absolute Gasteiger partial charge is 0.0379 e. The molecule has 1 unspecified atom stereocenters. The van der Waals surface area contributed by atoms with Crippen molar-refractivity contribution in [2.45, 2.75) is 12.2 Å². The Hall–Kier alpha value is -0.950. The minimum Gasteiger partial charge on any atom is -0.0856 e. The van der Waals surface area contributed by atoms with Crippen LogP contribution in [0, 0.1) is 0 Å². The minimum absolute atomic E-state index is 0.186. The summed E-state index contributed by atoms with van der Waals surface area (Å²) in [5.41, 5.74) is 1.26. The molecule has 0 saturated heterocycles. The van der Waals surface area contributed by atoms with Crippen molar-refractivity contribution in [3.05, 3.63) is 48.0 Å². The Morgan fingerprint density at radius 1 is 1.00 bits per heavy atom. The molecule has 2 rings (SSSR count). The van der Waals surface area contributed by atoms with E-state index in [1.54, 1.807) is 0 Å². The van der Waals surface area contributed by atoms with Gasteiger partial charge < -0.3 is 0 Å². The quantitative estimate of drug-likeness (QED) is 0.630. The molecule has 0 aromatic heterocycles. The predicted molar refractivity (Wildman–Crippen MR) is 60.0 cm³/mol. The third-order valence-electron chi connectivity index (χ3n) is 2.26. The SMILES string of the molecule is CC([S])c1cccc2ccccc12. The van der Waals surface area contributed by atoms with E-state index in [2.05, 4.69) is 49.4 Å². The maximum atomic E-state index is 5.27. The highest BCUT2D eigenvalue weighted by Gasteiger charge is 2.04. The van der Waals surface area contributed by atoms with E-state index < -0.39 is 0 Å². The van der Waals surface area contributed by atoms with Gasteiger partial charge in [0.2, 0.25) is 0 Å². The molecule has 0 spiro atoms. The molecule has 0 heterocycles. The van der Waals surface area contributed by atoms with E-state index >= 15 is 0 Å². The van der Waals surface area contributed by atoms with Gasteiger partial charge in [-0.15, -0.1) is 0 Å². The Bertz CT molecular complexity index is 413. The number of rotatable bonds is 1. The maximum Gasteiger partial charge on any atom is 0.0379 e. The van der Waals surface area contributed by atoms with Gasteiger partial charge in [-0.25, -0.2) is 0 Å². The van der Waals surface area contributed by atoms with Crippen LogP contribution in [-0.4, -0.2) is 0 Å². The first kappa shape index (κ1) is 8.64. The molecule has 0 fully saturated rings. The van der Waals surface area contributed by atoms with E-state index in [1.165, 1.54) is 16.3 Å². The van der Waals surface area contributed by atoms with Crippen molar-refractivity contribution in [1.82, 2.24) is 0 Å². The molecule has 1 atom stereocenters. The normalized spacial score (nSPS) is 13.1. The van der Waals surface area contributed by atoms with Crippen molar-refractivity contribution < 1.29 is 0 Å². The van der Waals surface area contributed by atoms with Gasteiger partial charge in [0.15, 0.2) is 0 Å². The van der Waals surface area contributed by atoms with Crippen LogP contribution in [0.1, 0.15) is 17.7 Å². The lowest BCUT2D eigenvalue weighted by atomic mass is 10.0. The van der Waals surface area contributed by atoms with E-state index in [-0.39, 0.29) is 5.25 Å². The molecule has 65 valence electrons. The van der Waals surface area contributed by atoms with Crippen LogP contribution >= 0.6 is 12.6 Å². The minimum atomic E-state index is 0.186. The van der Waals surface area contributed by atoms with Gasteiger partial charge in [-0.2, -0.15) is 0 Å². The van der Waals surface area contributed by atoms with Gasteiger partial charge >= 0.3 is 0 Å². The fourth-order valence-corrected chi connectivity index (χ4v) is 1.81. The zero-order valence-electron chi connectivity index (χ0n) is 7.53. The van der Waals surface area contributed by atoms with E-state index in [9.17, 15) is 0 Å². The molecule has 13 heavy (non-hydrogen) atoms. The molecule has 0 aliphatic heterocycles. The van der Waals surface area contributed by atoms with Crippen molar-refractivity contribution in [2.24, 2.45) is 0 Å². The summed E-state index contributed by atoms with van der Waals surface area (Å²) in [6, 6.07) is 14.7. The zero-order chi connectivity index (χ0) is 9.26. The highest BCUT2D eigenvalue weighted by atomic mass is 32.1. The molecule has 0 bridgehead atoms. The summed E-state index contributed by atoms with van der Waals surface area (Å²) >= 11 is 5.27. The number of hydrogen-bond donors (Lipinski definition) is 0. The molecular weight excluding hydrogens is 176 g/mol. The Morgan fingerprint density at radius 3 is 2.46 bits per heavy atom. The van der Waals surface area contributed by atoms with Crippen LogP contribution in [0.2, 0.25) is 0 Å². The largest absolute Gasteiger partial charge is 0.0856 e. The molecule has 0 nitrogen and oxygen atoms in total. The second-order valence-electron chi connectivity index (χ2n) is 3.21. The van der Waals surface area contributed by atoms with Crippen LogP contribution in [0.25, 0.3) is 10.8 Å². The van der Waals surface area contributed by atoms with Gasteiger partial charge in [0.05, 0.1) is 0 Å². The fraction of sp³-hybridized carbons (Fsp3) is 0.167. The van der Waals surface area contributed by atoms with Crippen LogP contribution in [0.15, 0.2) is 42.5 Å². The zero-order valence-corrected chi connectivity index (χ0v) is 8.34. The molecule has 2 aromatic carbocycles. The molecule has 2 aromatic rings. The van der Waals surface area contributed by atoms with Gasteiger partial charge in [-0.05, 0) is 23.3 Å². The van der Waals surface area contributed by atoms with Crippen LogP contribution in [0.4, 0.5) is 0 Å². The van der Waals surface area contributed by atoms with Crippen molar-refractivity contribution in [2.75, 3.05) is 0 Å². The maximum absolute atomic E-state index is 5.27. The summed E-state index contributed by atoms with van der Waals surface area (Å²) in [7, 11) is 0. The van der Waals surface area contributed by atoms with E-state index in [0.29, 0.717) is 0 Å². The predicted octanol–water partition coefficient (Wildman–Crippen LogP) is 4.10. The van der Waals surface area contributed by atoms with Crippen molar-refractivity contribution in [1.29, 1.82) is 0 Å². The summed E-state index contributed by atoms with van der Waals surface area (Å²) in [6.45, 7) is 2.05. The Labute approximate surface area is 84.0 Å². The number of fused-ring (bicyclic) bond motifs is 1. The van der Waals surface area contributed by atoms with Gasteiger partial charge in [-0.1, -0.05) is 55.1 Å². The lowest BCUT2D eigenvalue weighted by Crippen LogP contribution is -1.85. The topological polar surface area (TPSA) is 0 Å². The second-order valence-corrected chi connectivity index (χ2v) is 3.92. The van der Waals surface area contributed by atoms with Crippen molar-refractivity contribution in [3.63, 3.8) is 0 Å². The number of hydrogen-bond acceptors (Lipinski definition) is 0. The monoisotopic (exact) mass is 187 g/mol. The third-order valence-corrected chi connectivity index (χ3v) is 2.52. The molecule has 0 saturated carbocycles. The third kappa shape index (κ3) is 1.56. The summed E-state index contributed by atoms with van der Waals surface area (Å²) in [5, 5.41) is 2.75. The standard InChI is InChI=1S/C12H11S/c1-9(13)11-8-4-6-10-5-2-3-7-12(10)11/h2-9H,1H3. The first-order chi connectivity index (χ1) is 6.29. The molecule has 1 heteroatoms. The van der Waals surface area contributed by atoms with E-state index in [1.807, 2.05) is 0 Å². The van der Waals surface area contributed by atoms with Crippen LogP contribution < -0.4 is 0 Å². The van der Waals surface area contributed by atoms with Gasteiger partial charge in [0, 0.05) is 5.25 Å². The lowest BCUT2D eigenvalue weighted by molar-refractivity contribution is 1.13. The molecule has 0 N–H and O–H groups in total. The average Bonchev–Trinajstić information content (AvgIpc) is 2.17. The molecule has 0 aliphatic carbocycles. The van der Waals surface area contributed by atoms with Gasteiger partial charge in [0.25, 0.3) is 0 Å². The molecule has 1 radical (unpaired) electrons. The summed E-state index contributed by atoms with van der Waals surface area (Å²) in [4.78, 5) is 0. The molecular formula is C12H11S.